The largest absolute Gasteiger partial charge is 0.336 e. The van der Waals surface area contributed by atoms with E-state index in [1.807, 2.05) is 0 Å². The summed E-state index contributed by atoms with van der Waals surface area (Å²) in [7, 11) is 2.14. The lowest BCUT2D eigenvalue weighted by atomic mass is 10.0. The lowest BCUT2D eigenvalue weighted by Gasteiger charge is -2.43. The minimum atomic E-state index is -0.232. The molecule has 0 aromatic carbocycles. The molecule has 0 saturated carbocycles. The Labute approximate surface area is 123 Å². The molecule has 0 radical (unpaired) electrons. The molecule has 1 saturated heterocycles. The van der Waals surface area contributed by atoms with Crippen LogP contribution in [0.25, 0.3) is 0 Å². The zero-order valence-electron chi connectivity index (χ0n) is 12.2. The molecule has 2 heterocycles. The van der Waals surface area contributed by atoms with Crippen molar-refractivity contribution in [2.45, 2.75) is 19.4 Å². The third-order valence-corrected chi connectivity index (χ3v) is 4.23. The SMILES string of the molecule is CN1CCN(C(C)(C)CNC(=O)Nc2nncs2)CC1. The van der Waals surface area contributed by atoms with Gasteiger partial charge in [0.25, 0.3) is 0 Å². The highest BCUT2D eigenvalue weighted by Crippen LogP contribution is 2.16. The summed E-state index contributed by atoms with van der Waals surface area (Å²) in [6.07, 6.45) is 0. The molecule has 2 N–H and O–H groups in total. The number of hydrogen-bond acceptors (Lipinski definition) is 6. The van der Waals surface area contributed by atoms with Crippen molar-refractivity contribution < 1.29 is 4.79 Å². The standard InChI is InChI=1S/C12H22N6OS/c1-12(2,18-6-4-17(3)5-7-18)8-13-10(19)15-11-16-14-9-20-11/h9H,4-8H2,1-3H3,(H2,13,15,16,19). The van der Waals surface area contributed by atoms with Crippen LogP contribution in [-0.4, -0.2) is 71.3 Å². The quantitative estimate of drug-likeness (QED) is 0.855. The lowest BCUT2D eigenvalue weighted by Crippen LogP contribution is -2.58. The van der Waals surface area contributed by atoms with Gasteiger partial charge in [-0.15, -0.1) is 10.2 Å². The number of hydrogen-bond donors (Lipinski definition) is 2. The number of carbonyl (C=O) groups excluding carboxylic acids is 1. The summed E-state index contributed by atoms with van der Waals surface area (Å²) in [5, 5.41) is 13.5. The molecule has 2 rings (SSSR count). The summed E-state index contributed by atoms with van der Waals surface area (Å²) in [6.45, 7) is 9.11. The number of aromatic nitrogens is 2. The van der Waals surface area contributed by atoms with Gasteiger partial charge >= 0.3 is 6.03 Å². The molecule has 1 aliphatic heterocycles. The molecule has 0 atom stereocenters. The fourth-order valence-electron chi connectivity index (χ4n) is 2.19. The molecule has 0 bridgehead atoms. The van der Waals surface area contributed by atoms with E-state index >= 15 is 0 Å². The van der Waals surface area contributed by atoms with Gasteiger partial charge in [-0.2, -0.15) is 0 Å². The minimum absolute atomic E-state index is 0.0558. The smallest absolute Gasteiger partial charge is 0.321 e. The second-order valence-electron chi connectivity index (χ2n) is 5.65. The Morgan fingerprint density at radius 1 is 1.40 bits per heavy atom. The van der Waals surface area contributed by atoms with E-state index in [-0.39, 0.29) is 11.6 Å². The van der Waals surface area contributed by atoms with E-state index in [1.165, 1.54) is 11.3 Å². The van der Waals surface area contributed by atoms with Crippen LogP contribution >= 0.6 is 11.3 Å². The van der Waals surface area contributed by atoms with Crippen molar-refractivity contribution in [3.63, 3.8) is 0 Å². The van der Waals surface area contributed by atoms with Crippen molar-refractivity contribution in [3.8, 4) is 0 Å². The van der Waals surface area contributed by atoms with Crippen LogP contribution in [0.5, 0.6) is 0 Å². The van der Waals surface area contributed by atoms with Gasteiger partial charge in [-0.25, -0.2) is 4.79 Å². The number of amides is 2. The lowest BCUT2D eigenvalue weighted by molar-refractivity contribution is 0.0636. The monoisotopic (exact) mass is 298 g/mol. The summed E-state index contributed by atoms with van der Waals surface area (Å²) < 4.78 is 0. The molecule has 0 unspecified atom stereocenters. The molecule has 1 aromatic heterocycles. The van der Waals surface area contributed by atoms with Gasteiger partial charge in [-0.05, 0) is 20.9 Å². The first kappa shape index (κ1) is 15.1. The molecule has 7 nitrogen and oxygen atoms in total. The second-order valence-corrected chi connectivity index (χ2v) is 6.49. The van der Waals surface area contributed by atoms with Crippen molar-refractivity contribution in [1.82, 2.24) is 25.3 Å². The van der Waals surface area contributed by atoms with Gasteiger partial charge in [0.2, 0.25) is 5.13 Å². The molecular formula is C12H22N6OS. The van der Waals surface area contributed by atoms with Crippen molar-refractivity contribution in [3.05, 3.63) is 5.51 Å². The zero-order chi connectivity index (χ0) is 14.6. The third-order valence-electron chi connectivity index (χ3n) is 3.62. The fraction of sp³-hybridized carbons (Fsp3) is 0.750. The first-order chi connectivity index (χ1) is 9.47. The van der Waals surface area contributed by atoms with E-state index in [4.69, 9.17) is 0 Å². The molecule has 8 heteroatoms. The Balaban J connectivity index is 1.78. The van der Waals surface area contributed by atoms with Gasteiger partial charge in [-0.3, -0.25) is 10.2 Å². The number of urea groups is 1. The molecule has 1 fully saturated rings. The van der Waals surface area contributed by atoms with Crippen LogP contribution in [0.1, 0.15) is 13.8 Å². The molecule has 1 aliphatic rings. The zero-order valence-corrected chi connectivity index (χ0v) is 13.0. The van der Waals surface area contributed by atoms with Gasteiger partial charge in [-0.1, -0.05) is 11.3 Å². The summed E-state index contributed by atoms with van der Waals surface area (Å²) >= 11 is 1.30. The normalized spacial score (nSPS) is 17.9. The van der Waals surface area contributed by atoms with Crippen LogP contribution in [0.4, 0.5) is 9.93 Å². The van der Waals surface area contributed by atoms with Crippen LogP contribution in [0.2, 0.25) is 0 Å². The van der Waals surface area contributed by atoms with E-state index in [9.17, 15) is 4.79 Å². The van der Waals surface area contributed by atoms with Gasteiger partial charge in [0.05, 0.1) is 0 Å². The van der Waals surface area contributed by atoms with Crippen LogP contribution in [0.15, 0.2) is 5.51 Å². The predicted molar refractivity (Wildman–Crippen MR) is 80.1 cm³/mol. The number of nitrogens with one attached hydrogen (secondary N) is 2. The Morgan fingerprint density at radius 2 is 2.10 bits per heavy atom. The maximum absolute atomic E-state index is 11.8. The second kappa shape index (κ2) is 6.47. The molecule has 1 aromatic rings. The highest BCUT2D eigenvalue weighted by Gasteiger charge is 2.29. The van der Waals surface area contributed by atoms with Crippen molar-refractivity contribution in [1.29, 1.82) is 0 Å². The van der Waals surface area contributed by atoms with Crippen LogP contribution in [-0.2, 0) is 0 Å². The number of carbonyl (C=O) groups is 1. The van der Waals surface area contributed by atoms with E-state index in [2.05, 4.69) is 51.5 Å². The summed E-state index contributed by atoms with van der Waals surface area (Å²) in [5.41, 5.74) is 1.53. The molecule has 0 aliphatic carbocycles. The molecule has 112 valence electrons. The number of likely N-dealkylation sites (N-methyl/N-ethyl adjacent to an activating group) is 1. The van der Waals surface area contributed by atoms with Crippen LogP contribution in [0, 0.1) is 0 Å². The third kappa shape index (κ3) is 4.12. The topological polar surface area (TPSA) is 73.4 Å². The van der Waals surface area contributed by atoms with Crippen LogP contribution < -0.4 is 10.6 Å². The van der Waals surface area contributed by atoms with E-state index in [0.29, 0.717) is 11.7 Å². The Hall–Kier alpha value is -1.25. The van der Waals surface area contributed by atoms with Gasteiger partial charge in [0, 0.05) is 38.3 Å². The van der Waals surface area contributed by atoms with Crippen LogP contribution in [0.3, 0.4) is 0 Å². The maximum Gasteiger partial charge on any atom is 0.321 e. The first-order valence-corrected chi connectivity index (χ1v) is 7.60. The Morgan fingerprint density at radius 3 is 2.70 bits per heavy atom. The fourth-order valence-corrected chi connectivity index (χ4v) is 2.63. The summed E-state index contributed by atoms with van der Waals surface area (Å²) in [4.78, 5) is 16.5. The highest BCUT2D eigenvalue weighted by molar-refractivity contribution is 7.13. The molecule has 2 amide bonds. The average molecular weight is 298 g/mol. The number of anilines is 1. The summed E-state index contributed by atoms with van der Waals surface area (Å²) in [5.74, 6) is 0. The maximum atomic E-state index is 11.8. The number of nitrogens with zero attached hydrogens (tertiary/aromatic N) is 4. The number of rotatable bonds is 4. The van der Waals surface area contributed by atoms with E-state index < -0.39 is 0 Å². The molecule has 20 heavy (non-hydrogen) atoms. The first-order valence-electron chi connectivity index (χ1n) is 6.72. The highest BCUT2D eigenvalue weighted by atomic mass is 32.1. The Kier molecular flexibility index (Phi) is 4.90. The van der Waals surface area contributed by atoms with Gasteiger partial charge < -0.3 is 10.2 Å². The van der Waals surface area contributed by atoms with Gasteiger partial charge in [0.15, 0.2) is 0 Å². The molecule has 0 spiro atoms. The average Bonchev–Trinajstić information content (AvgIpc) is 2.90. The van der Waals surface area contributed by atoms with Crippen molar-refractivity contribution >= 4 is 22.5 Å². The number of piperazine rings is 1. The van der Waals surface area contributed by atoms with Gasteiger partial charge in [0.1, 0.15) is 5.51 Å². The predicted octanol–water partition coefficient (Wildman–Crippen LogP) is 0.686. The van der Waals surface area contributed by atoms with Crippen molar-refractivity contribution in [2.24, 2.45) is 0 Å². The van der Waals surface area contributed by atoms with E-state index in [0.717, 1.165) is 26.2 Å². The minimum Gasteiger partial charge on any atom is -0.336 e. The Bertz CT molecular complexity index is 427. The summed E-state index contributed by atoms with van der Waals surface area (Å²) in [6, 6.07) is -0.232. The van der Waals surface area contributed by atoms with Crippen molar-refractivity contribution in [2.75, 3.05) is 45.1 Å². The molecular weight excluding hydrogens is 276 g/mol. The van der Waals surface area contributed by atoms with E-state index in [1.54, 1.807) is 5.51 Å².